The molecule has 0 saturated carbocycles. The van der Waals surface area contributed by atoms with Gasteiger partial charge in [-0.2, -0.15) is 0 Å². The molecule has 0 saturated heterocycles. The molecule has 4 rings (SSSR count). The Morgan fingerprint density at radius 2 is 1.77 bits per heavy atom. The Kier molecular flexibility index (Phi) is 11.0. The van der Waals surface area contributed by atoms with E-state index in [0.29, 0.717) is 35.3 Å². The smallest absolute Gasteiger partial charge is 0.326 e. The highest BCUT2D eigenvalue weighted by atomic mass is 32.2. The van der Waals surface area contributed by atoms with Crippen molar-refractivity contribution in [2.24, 2.45) is 0 Å². The normalized spacial score (nSPS) is 14.3. The molecule has 3 aromatic rings. The van der Waals surface area contributed by atoms with Gasteiger partial charge in [0.05, 0.1) is 4.90 Å². The van der Waals surface area contributed by atoms with Crippen molar-refractivity contribution in [3.05, 3.63) is 91.9 Å². The molecule has 2 aromatic carbocycles. The van der Waals surface area contributed by atoms with E-state index in [0.717, 1.165) is 28.7 Å². The molecule has 0 radical (unpaired) electrons. The topological polar surface area (TPSA) is 180 Å². The number of nitrogens with one attached hydrogen (secondary N) is 4. The summed E-state index contributed by atoms with van der Waals surface area (Å²) in [6.07, 6.45) is 3.59. The predicted octanol–water partition coefficient (Wildman–Crippen LogP) is 3.63. The van der Waals surface area contributed by atoms with Gasteiger partial charge >= 0.3 is 5.97 Å². The van der Waals surface area contributed by atoms with E-state index in [1.54, 1.807) is 26.1 Å². The quantitative estimate of drug-likeness (QED) is 0.109. The van der Waals surface area contributed by atoms with Crippen LogP contribution in [0.25, 0.3) is 0 Å². The lowest BCUT2D eigenvalue weighted by molar-refractivity contribution is -0.142. The van der Waals surface area contributed by atoms with E-state index in [-0.39, 0.29) is 42.0 Å². The van der Waals surface area contributed by atoms with Crippen LogP contribution in [0.3, 0.4) is 0 Å². The summed E-state index contributed by atoms with van der Waals surface area (Å²) in [5.74, 6) is -1.62. The van der Waals surface area contributed by atoms with Crippen molar-refractivity contribution in [3.8, 4) is 5.75 Å². The van der Waals surface area contributed by atoms with Crippen molar-refractivity contribution in [2.45, 2.75) is 96.7 Å². The van der Waals surface area contributed by atoms with Crippen LogP contribution in [-0.2, 0) is 39.0 Å². The summed E-state index contributed by atoms with van der Waals surface area (Å²) in [6, 6.07) is 10.0. The molecule has 0 spiro atoms. The van der Waals surface area contributed by atoms with E-state index < -0.39 is 33.9 Å². The molecule has 0 unspecified atom stereocenters. The average molecular weight is 680 g/mol. The van der Waals surface area contributed by atoms with Crippen LogP contribution in [-0.4, -0.2) is 54.1 Å². The zero-order chi connectivity index (χ0) is 35.4. The van der Waals surface area contributed by atoms with Gasteiger partial charge in [0.1, 0.15) is 23.9 Å². The van der Waals surface area contributed by atoms with E-state index in [2.05, 4.69) is 15.4 Å². The van der Waals surface area contributed by atoms with Crippen molar-refractivity contribution in [1.29, 1.82) is 5.41 Å². The first-order valence-electron chi connectivity index (χ1n) is 15.9. The van der Waals surface area contributed by atoms with Crippen LogP contribution in [0.5, 0.6) is 5.75 Å². The monoisotopic (exact) mass is 679 g/mol. The number of carboxylic acids is 1. The van der Waals surface area contributed by atoms with Crippen molar-refractivity contribution in [2.75, 3.05) is 6.54 Å². The molecule has 0 bridgehead atoms. The standard InChI is InChI=1S/C35H45N5O7S/c1-21-17-26(18-25-11-8-7-9-12-25)32(42)40(19-21)20-29(41)38-28(33(43)44)13-10-16-37-34(36)39-48(45,46)31-23(3)22(2)30-27(24(31)4)14-15-35(5,6)47-30/h7-9,11-12,17,19,28H,10,13-16,18,20H2,1-6H3,(H,38,41)(H,43,44)(H3,36,37,39)/t28-/m0/s1. The van der Waals surface area contributed by atoms with Gasteiger partial charge in [-0.1, -0.05) is 30.3 Å². The molecular weight excluding hydrogens is 634 g/mol. The molecule has 12 nitrogen and oxygen atoms in total. The fourth-order valence-corrected chi connectivity index (χ4v) is 7.59. The minimum atomic E-state index is -4.12. The molecule has 1 aromatic heterocycles. The number of carboxylic acid groups (broad SMARTS) is 1. The van der Waals surface area contributed by atoms with Crippen LogP contribution in [0.15, 0.2) is 52.3 Å². The Bertz CT molecular complexity index is 1890. The van der Waals surface area contributed by atoms with Gasteiger partial charge in [0.15, 0.2) is 0 Å². The van der Waals surface area contributed by atoms with Crippen LogP contribution >= 0.6 is 0 Å². The first-order valence-corrected chi connectivity index (χ1v) is 17.4. The van der Waals surface area contributed by atoms with Gasteiger partial charge in [0, 0.05) is 24.7 Å². The van der Waals surface area contributed by atoms with E-state index >= 15 is 0 Å². The maximum absolute atomic E-state index is 13.4. The number of hydrogen-bond donors (Lipinski definition) is 5. The molecule has 258 valence electrons. The second kappa shape index (κ2) is 14.6. The number of aliphatic carboxylic acids is 1. The third kappa shape index (κ3) is 8.62. The molecule has 1 aliphatic heterocycles. The molecule has 1 aliphatic rings. The molecule has 2 heterocycles. The summed E-state index contributed by atoms with van der Waals surface area (Å²) in [6.45, 7) is 10.9. The lowest BCUT2D eigenvalue weighted by atomic mass is 9.88. The molecule has 0 aliphatic carbocycles. The third-order valence-electron chi connectivity index (χ3n) is 8.62. The molecule has 1 atom stereocenters. The van der Waals surface area contributed by atoms with Crippen molar-refractivity contribution >= 4 is 27.9 Å². The maximum Gasteiger partial charge on any atom is 0.326 e. The van der Waals surface area contributed by atoms with E-state index in [9.17, 15) is 27.9 Å². The number of pyridine rings is 1. The Morgan fingerprint density at radius 1 is 1.08 bits per heavy atom. The first kappa shape index (κ1) is 36.2. The third-order valence-corrected chi connectivity index (χ3v) is 10.2. The van der Waals surface area contributed by atoms with Gasteiger partial charge in [-0.3, -0.25) is 15.0 Å². The van der Waals surface area contributed by atoms with E-state index in [1.807, 2.05) is 58.0 Å². The van der Waals surface area contributed by atoms with Crippen LogP contribution in [0.1, 0.15) is 72.1 Å². The Balaban J connectivity index is 1.32. The maximum atomic E-state index is 13.4. The summed E-state index contributed by atoms with van der Waals surface area (Å²) in [5, 5.41) is 23.1. The molecule has 0 fully saturated rings. The van der Waals surface area contributed by atoms with Gasteiger partial charge in [0.25, 0.3) is 15.6 Å². The van der Waals surface area contributed by atoms with Crippen LogP contribution in [0.4, 0.5) is 0 Å². The van der Waals surface area contributed by atoms with Gasteiger partial charge in [0.2, 0.25) is 11.9 Å². The minimum Gasteiger partial charge on any atom is -0.487 e. The van der Waals surface area contributed by atoms with Crippen molar-refractivity contribution in [1.82, 2.24) is 19.9 Å². The number of amides is 1. The molecular formula is C35H45N5O7S. The van der Waals surface area contributed by atoms with Crippen molar-refractivity contribution < 1.29 is 27.9 Å². The van der Waals surface area contributed by atoms with Crippen molar-refractivity contribution in [3.63, 3.8) is 0 Å². The highest BCUT2D eigenvalue weighted by molar-refractivity contribution is 7.90. The average Bonchev–Trinajstić information content (AvgIpc) is 2.99. The van der Waals surface area contributed by atoms with Crippen LogP contribution in [0.2, 0.25) is 0 Å². The number of guanidine groups is 1. The molecule has 13 heteroatoms. The number of rotatable bonds is 12. The lowest BCUT2D eigenvalue weighted by Gasteiger charge is -2.35. The number of carbonyl (C=O) groups is 2. The number of hydrogen-bond acceptors (Lipinski definition) is 7. The second-order valence-corrected chi connectivity index (χ2v) is 14.6. The zero-order valence-corrected chi connectivity index (χ0v) is 29.1. The number of aromatic nitrogens is 1. The fraction of sp³-hybridized carbons (Fsp3) is 0.429. The first-order chi connectivity index (χ1) is 22.5. The largest absolute Gasteiger partial charge is 0.487 e. The number of nitrogens with zero attached hydrogens (tertiary/aromatic N) is 1. The minimum absolute atomic E-state index is 0.00859. The summed E-state index contributed by atoms with van der Waals surface area (Å²) < 4.78 is 36.6. The number of ether oxygens (including phenoxy) is 1. The lowest BCUT2D eigenvalue weighted by Crippen LogP contribution is -2.44. The predicted molar refractivity (Wildman–Crippen MR) is 183 cm³/mol. The van der Waals surface area contributed by atoms with Gasteiger partial charge in [-0.15, -0.1) is 0 Å². The number of sulfonamides is 1. The number of benzene rings is 2. The molecule has 1 amide bonds. The van der Waals surface area contributed by atoms with Gasteiger partial charge in [-0.05, 0) is 107 Å². The van der Waals surface area contributed by atoms with Crippen LogP contribution < -0.4 is 25.7 Å². The second-order valence-electron chi connectivity index (χ2n) is 13.0. The SMILES string of the molecule is Cc1cc(Cc2ccccc2)c(=O)n(CC(=O)N[C@@H](CCCNC(=N)NS(=O)(=O)c2c(C)c(C)c3c(c2C)CCC(C)(C)O3)C(=O)O)c1. The van der Waals surface area contributed by atoms with E-state index in [1.165, 1.54) is 4.57 Å². The summed E-state index contributed by atoms with van der Waals surface area (Å²) in [5.41, 5.74) is 4.31. The summed E-state index contributed by atoms with van der Waals surface area (Å²) in [7, 11) is -4.12. The Morgan fingerprint density at radius 3 is 2.44 bits per heavy atom. The Hall–Kier alpha value is -4.65. The highest BCUT2D eigenvalue weighted by Crippen LogP contribution is 2.42. The number of aryl methyl sites for hydroxylation is 1. The van der Waals surface area contributed by atoms with Crippen LogP contribution in [0, 0.1) is 33.1 Å². The fourth-order valence-electron chi connectivity index (χ4n) is 6.07. The Labute approximate surface area is 281 Å². The van der Waals surface area contributed by atoms with E-state index in [4.69, 9.17) is 10.1 Å². The van der Waals surface area contributed by atoms with Gasteiger partial charge < -0.3 is 25.0 Å². The molecule has 5 N–H and O–H groups in total. The summed E-state index contributed by atoms with van der Waals surface area (Å²) in [4.78, 5) is 37.9. The highest BCUT2D eigenvalue weighted by Gasteiger charge is 2.33. The summed E-state index contributed by atoms with van der Waals surface area (Å²) >= 11 is 0. The number of carbonyl (C=O) groups excluding carboxylic acids is 1. The number of fused-ring (bicyclic) bond motifs is 1. The zero-order valence-electron chi connectivity index (χ0n) is 28.3. The molecule has 48 heavy (non-hydrogen) atoms. The van der Waals surface area contributed by atoms with Gasteiger partial charge in [-0.25, -0.2) is 17.9 Å².